The third kappa shape index (κ3) is 9.79. The molecule has 10 rings (SSSR count). The minimum absolute atomic E-state index is 0.00977. The number of hydrogen-bond donors (Lipinski definition) is 1. The van der Waals surface area contributed by atoms with Gasteiger partial charge in [0.2, 0.25) is 11.6 Å². The van der Waals surface area contributed by atoms with Crippen LogP contribution in [-0.4, -0.2) is 94.1 Å². The zero-order valence-corrected chi connectivity index (χ0v) is 41.8. The van der Waals surface area contributed by atoms with Gasteiger partial charge in [0.05, 0.1) is 14.2 Å². The van der Waals surface area contributed by atoms with Crippen LogP contribution >= 0.6 is 0 Å². The average molecular weight is 1030 g/mol. The number of fused-ring (bicyclic) bond motifs is 4. The standard InChI is InChI=1S/C31H29NO8.C27H21NO8/c1-30(2,3)40-29(36)24(33)17-23(28(35)37-4)32-18-19-15-25-26(16-22(19)27(32)34)39-31(38-25,20-11-7-5-8-12-20)21-13-9-6-10-14-21;1-34-26(33)20(14-21(29)25(31)32)28-15-16-12-22-23(13-19(16)24(28)30)36-27(35-22,17-8-4-2-5-9-17)18-10-6-3-7-11-18/h5-16,23H,17-18H2,1-4H3;2-13,20H,14-15H2,1H3,(H,31,32)/t23-;20-/m00/s1. The lowest BCUT2D eigenvalue weighted by atomic mass is 9.97. The Morgan fingerprint density at radius 3 is 1.14 bits per heavy atom. The minimum Gasteiger partial charge on any atom is -0.475 e. The Bertz CT molecular complexity index is 3210. The van der Waals surface area contributed by atoms with Crippen LogP contribution in [0.15, 0.2) is 146 Å². The average Bonchev–Trinajstić information content (AvgIpc) is 4.22. The van der Waals surface area contributed by atoms with Gasteiger partial charge in [-0.3, -0.25) is 19.2 Å². The summed E-state index contributed by atoms with van der Waals surface area (Å²) in [5.41, 5.74) is 3.90. The van der Waals surface area contributed by atoms with Crippen molar-refractivity contribution >= 4 is 47.3 Å². The number of hydrogen-bond acceptors (Lipinski definition) is 15. The summed E-state index contributed by atoms with van der Waals surface area (Å²) in [5.74, 6) is -8.59. The van der Waals surface area contributed by atoms with Gasteiger partial charge in [0, 0.05) is 59.3 Å². The molecule has 0 spiro atoms. The van der Waals surface area contributed by atoms with Crippen LogP contribution in [0.2, 0.25) is 0 Å². The Morgan fingerprint density at radius 1 is 0.526 bits per heavy atom. The number of Topliss-reactive ketones (excluding diaryl/α,β-unsaturated/α-hetero) is 2. The van der Waals surface area contributed by atoms with Gasteiger partial charge in [0.1, 0.15) is 17.7 Å². The number of carbonyl (C=O) groups excluding carboxylic acids is 7. The van der Waals surface area contributed by atoms with E-state index in [1.165, 1.54) is 4.90 Å². The third-order valence-corrected chi connectivity index (χ3v) is 13.0. The highest BCUT2D eigenvalue weighted by Gasteiger charge is 2.50. The van der Waals surface area contributed by atoms with Gasteiger partial charge in [-0.15, -0.1) is 0 Å². The van der Waals surface area contributed by atoms with Crippen molar-refractivity contribution in [3.63, 3.8) is 0 Å². The molecule has 4 aliphatic rings. The largest absolute Gasteiger partial charge is 0.475 e. The molecule has 388 valence electrons. The summed E-state index contributed by atoms with van der Waals surface area (Å²) >= 11 is 0. The molecule has 0 saturated heterocycles. The van der Waals surface area contributed by atoms with Gasteiger partial charge < -0.3 is 48.1 Å². The fourth-order valence-electron chi connectivity index (χ4n) is 9.37. The molecule has 4 heterocycles. The van der Waals surface area contributed by atoms with Crippen LogP contribution in [0.1, 0.15) is 87.7 Å². The highest BCUT2D eigenvalue weighted by molar-refractivity contribution is 6.34. The van der Waals surface area contributed by atoms with E-state index < -0.39 is 89.4 Å². The van der Waals surface area contributed by atoms with E-state index >= 15 is 0 Å². The third-order valence-electron chi connectivity index (χ3n) is 13.0. The number of nitrogens with zero attached hydrogens (tertiary/aromatic N) is 2. The maximum absolute atomic E-state index is 13.5. The van der Waals surface area contributed by atoms with Gasteiger partial charge in [-0.2, -0.15) is 0 Å². The number of benzene rings is 6. The number of ether oxygens (including phenoxy) is 7. The second kappa shape index (κ2) is 20.5. The van der Waals surface area contributed by atoms with Crippen LogP contribution < -0.4 is 18.9 Å². The van der Waals surface area contributed by atoms with Crippen molar-refractivity contribution in [2.75, 3.05) is 14.2 Å². The Kier molecular flexibility index (Phi) is 13.9. The lowest BCUT2D eigenvalue weighted by Crippen LogP contribution is -2.45. The summed E-state index contributed by atoms with van der Waals surface area (Å²) in [6.45, 7) is 4.87. The van der Waals surface area contributed by atoms with Crippen molar-refractivity contribution in [2.24, 2.45) is 0 Å². The maximum atomic E-state index is 13.5. The summed E-state index contributed by atoms with van der Waals surface area (Å²) in [4.78, 5) is 102. The van der Waals surface area contributed by atoms with Crippen molar-refractivity contribution < 1.29 is 76.6 Å². The van der Waals surface area contributed by atoms with Crippen LogP contribution in [0, 0.1) is 0 Å². The molecule has 6 aromatic rings. The molecule has 0 fully saturated rings. The van der Waals surface area contributed by atoms with Gasteiger partial charge in [-0.25, -0.2) is 19.2 Å². The van der Waals surface area contributed by atoms with Crippen LogP contribution in [0.3, 0.4) is 0 Å². The van der Waals surface area contributed by atoms with Gasteiger partial charge in [-0.1, -0.05) is 121 Å². The smallest absolute Gasteiger partial charge is 0.375 e. The van der Waals surface area contributed by atoms with Crippen molar-refractivity contribution in [3.05, 3.63) is 190 Å². The van der Waals surface area contributed by atoms with Gasteiger partial charge >= 0.3 is 35.5 Å². The number of rotatable bonds is 14. The van der Waals surface area contributed by atoms with Gasteiger partial charge in [0.25, 0.3) is 11.8 Å². The summed E-state index contributed by atoms with van der Waals surface area (Å²) < 4.78 is 40.5. The number of ketones is 2. The van der Waals surface area contributed by atoms with E-state index in [9.17, 15) is 38.4 Å². The van der Waals surface area contributed by atoms with E-state index in [0.29, 0.717) is 39.7 Å². The SMILES string of the molecule is COC(=O)[C@H](CC(=O)C(=O)O)N1Cc2cc3c(cc2C1=O)OC(c1ccccc1)(c1ccccc1)O3.COC(=O)[C@H](CC(=O)C(=O)OC(C)(C)C)N1Cc2cc3c(cc2C1=O)OC(c1ccccc1)(c1ccccc1)O3. The van der Waals surface area contributed by atoms with Crippen LogP contribution in [0.25, 0.3) is 0 Å². The molecule has 0 radical (unpaired) electrons. The molecule has 18 nitrogen and oxygen atoms in total. The van der Waals surface area contributed by atoms with Crippen LogP contribution in [-0.2, 0) is 67.6 Å². The van der Waals surface area contributed by atoms with Gasteiger partial charge in [-0.05, 0) is 56.2 Å². The van der Waals surface area contributed by atoms with E-state index in [1.54, 1.807) is 45.0 Å². The predicted molar refractivity (Wildman–Crippen MR) is 267 cm³/mol. The summed E-state index contributed by atoms with van der Waals surface area (Å²) in [6.07, 6.45) is -1.27. The first-order valence-electron chi connectivity index (χ1n) is 24.0. The number of methoxy groups -OCH3 is 2. The minimum atomic E-state index is -1.69. The fraction of sp³-hybridized carbons (Fsp3) is 0.241. The lowest BCUT2D eigenvalue weighted by molar-refractivity contribution is -0.163. The zero-order valence-electron chi connectivity index (χ0n) is 41.8. The van der Waals surface area contributed by atoms with E-state index in [2.05, 4.69) is 0 Å². The molecule has 6 aromatic carbocycles. The second-order valence-corrected chi connectivity index (χ2v) is 19.0. The Hall–Kier alpha value is -9.32. The molecule has 0 aromatic heterocycles. The molecule has 2 amide bonds. The number of carboxylic acid groups (broad SMARTS) is 1. The molecule has 18 heteroatoms. The first-order valence-corrected chi connectivity index (χ1v) is 24.0. The van der Waals surface area contributed by atoms with E-state index in [4.69, 9.17) is 38.3 Å². The highest BCUT2D eigenvalue weighted by atomic mass is 16.7. The maximum Gasteiger partial charge on any atom is 0.375 e. The second-order valence-electron chi connectivity index (χ2n) is 19.0. The molecule has 0 unspecified atom stereocenters. The summed E-state index contributed by atoms with van der Waals surface area (Å²) in [5, 5.41) is 8.98. The number of aliphatic carboxylic acids is 1. The number of esters is 3. The Balaban J connectivity index is 0.000000187. The van der Waals surface area contributed by atoms with E-state index in [-0.39, 0.29) is 18.7 Å². The van der Waals surface area contributed by atoms with Crippen molar-refractivity contribution in [2.45, 2.75) is 76.0 Å². The first-order chi connectivity index (χ1) is 36.4. The van der Waals surface area contributed by atoms with E-state index in [1.807, 2.05) is 121 Å². The fourth-order valence-corrected chi connectivity index (χ4v) is 9.37. The lowest BCUT2D eigenvalue weighted by Gasteiger charge is -2.28. The molecule has 76 heavy (non-hydrogen) atoms. The van der Waals surface area contributed by atoms with Crippen LogP contribution in [0.4, 0.5) is 0 Å². The zero-order chi connectivity index (χ0) is 54.1. The van der Waals surface area contributed by atoms with Crippen molar-refractivity contribution in [3.8, 4) is 23.0 Å². The topological polar surface area (TPSA) is 228 Å². The quantitative estimate of drug-likeness (QED) is 0.0654. The predicted octanol–water partition coefficient (Wildman–Crippen LogP) is 7.06. The first kappa shape index (κ1) is 51.6. The molecule has 0 aliphatic carbocycles. The monoisotopic (exact) mass is 1030 g/mol. The van der Waals surface area contributed by atoms with Crippen molar-refractivity contribution in [1.82, 2.24) is 9.80 Å². The summed E-state index contributed by atoms with van der Waals surface area (Å²) in [7, 11) is 2.27. The highest BCUT2D eigenvalue weighted by Crippen LogP contribution is 2.51. The molecule has 2 atom stereocenters. The number of carbonyl (C=O) groups is 8. The molecular formula is C58H50N2O16. The Labute approximate surface area is 435 Å². The van der Waals surface area contributed by atoms with E-state index in [0.717, 1.165) is 41.4 Å². The summed E-state index contributed by atoms with van der Waals surface area (Å²) in [6, 6.07) is 41.7. The molecule has 4 aliphatic heterocycles. The number of carboxylic acids is 1. The molecule has 1 N–H and O–H groups in total. The normalized spacial score (nSPS) is 15.8. The van der Waals surface area contributed by atoms with Gasteiger partial charge in [0.15, 0.2) is 23.0 Å². The molecular weight excluding hydrogens is 981 g/mol. The van der Waals surface area contributed by atoms with Crippen LogP contribution in [0.5, 0.6) is 23.0 Å². The molecule has 0 bridgehead atoms. The molecule has 0 saturated carbocycles. The Morgan fingerprint density at radius 2 is 0.842 bits per heavy atom. The van der Waals surface area contributed by atoms with Crippen molar-refractivity contribution in [1.29, 1.82) is 0 Å². The number of amides is 2.